The molecule has 4 aliphatic carbocycles. The van der Waals surface area contributed by atoms with Gasteiger partial charge in [-0.1, -0.05) is 69.6 Å². The predicted molar refractivity (Wildman–Crippen MR) is 191 cm³/mol. The first-order chi connectivity index (χ1) is 22.5. The Balaban J connectivity index is 1.14. The molecule has 0 atom stereocenters. The number of nitrogens with zero attached hydrogens (tertiary/aromatic N) is 7. The number of imidazole rings is 2. The van der Waals surface area contributed by atoms with E-state index in [1.54, 1.807) is 23.5 Å². The number of aliphatic imine (C=N–C) groups is 1. The van der Waals surface area contributed by atoms with Crippen molar-refractivity contribution >= 4 is 46.3 Å². The number of nitrogens with one attached hydrogen (secondary N) is 2. The second-order valence-electron chi connectivity index (χ2n) is 13.5. The molecule has 0 bridgehead atoms. The number of rotatable bonds is 15. The maximum atomic E-state index is 6.69. The van der Waals surface area contributed by atoms with Gasteiger partial charge in [-0.3, -0.25) is 9.98 Å². The first-order valence-corrected chi connectivity index (χ1v) is 19.7. The van der Waals surface area contributed by atoms with Crippen molar-refractivity contribution in [2.45, 2.75) is 139 Å². The average Bonchev–Trinajstić information content (AvgIpc) is 3.81. The lowest BCUT2D eigenvalue weighted by atomic mass is 10.2. The van der Waals surface area contributed by atoms with Crippen molar-refractivity contribution in [2.75, 3.05) is 16.5 Å². The molecule has 0 spiro atoms. The Morgan fingerprint density at radius 1 is 0.913 bits per heavy atom. The van der Waals surface area contributed by atoms with E-state index in [0.717, 1.165) is 107 Å². The van der Waals surface area contributed by atoms with Gasteiger partial charge >= 0.3 is 0 Å². The highest BCUT2D eigenvalue weighted by Crippen LogP contribution is 2.41. The fourth-order valence-electron chi connectivity index (χ4n) is 6.82. The smallest absolute Gasteiger partial charge is 0.178 e. The second kappa shape index (κ2) is 14.2. The lowest BCUT2D eigenvalue weighted by molar-refractivity contribution is 0.603. The fourth-order valence-corrected chi connectivity index (χ4v) is 8.84. The predicted octanol–water partition coefficient (Wildman–Crippen LogP) is 7.31. The number of aryl methyl sites for hydroxylation is 1. The molecule has 0 radical (unpaired) electrons. The number of nitrogens with two attached hydrogens (primary N) is 1. The molecule has 0 aliphatic heterocycles. The van der Waals surface area contributed by atoms with E-state index in [9.17, 15) is 0 Å². The van der Waals surface area contributed by atoms with Crippen molar-refractivity contribution in [3.8, 4) is 0 Å². The van der Waals surface area contributed by atoms with Gasteiger partial charge in [0.2, 0.25) is 0 Å². The van der Waals surface area contributed by atoms with Gasteiger partial charge in [0.15, 0.2) is 22.1 Å². The molecule has 46 heavy (non-hydrogen) atoms. The molecule has 12 heteroatoms. The number of aromatic amines is 2. The van der Waals surface area contributed by atoms with E-state index in [1.807, 2.05) is 0 Å². The van der Waals surface area contributed by atoms with Crippen LogP contribution in [0.15, 0.2) is 26.7 Å². The van der Waals surface area contributed by atoms with Crippen LogP contribution < -0.4 is 16.1 Å². The molecule has 7 rings (SSSR count). The molecule has 4 N–H and O–H groups in total. The molecule has 3 heterocycles. The number of fused-ring (bicyclic) bond motifs is 1. The first kappa shape index (κ1) is 31.8. The topological polar surface area (TPSA) is 129 Å². The summed E-state index contributed by atoms with van der Waals surface area (Å²) in [7, 11) is 0. The maximum absolute atomic E-state index is 6.69. The monoisotopic (exact) mass is 662 g/mol. The third kappa shape index (κ3) is 7.07. The zero-order valence-electron chi connectivity index (χ0n) is 27.6. The van der Waals surface area contributed by atoms with Crippen LogP contribution in [0.3, 0.4) is 0 Å². The van der Waals surface area contributed by atoms with E-state index in [2.05, 4.69) is 39.9 Å². The zero-order valence-corrected chi connectivity index (χ0v) is 29.2. The first-order valence-electron chi connectivity index (χ1n) is 17.7. The summed E-state index contributed by atoms with van der Waals surface area (Å²) in [4.78, 5) is 35.1. The largest absolute Gasteiger partial charge is 0.382 e. The molecular weight excluding hydrogens is 613 g/mol. The van der Waals surface area contributed by atoms with E-state index in [4.69, 9.17) is 30.7 Å². The van der Waals surface area contributed by atoms with Crippen LogP contribution in [-0.2, 0) is 6.54 Å². The summed E-state index contributed by atoms with van der Waals surface area (Å²) in [5.41, 5.74) is 10.4. The third-order valence-electron chi connectivity index (χ3n) is 9.64. The SMILES string of the molecule is C=C(SCSc1nc(=NC2CCCC2)c2[nH]c(C3CC3)nc2n1CCC)N(CCC)c1nc(C2CC2)[nH]c1C(N)=NC1CCCC1. The zero-order chi connectivity index (χ0) is 31.6. The highest BCUT2D eigenvalue weighted by Gasteiger charge is 2.31. The molecule has 4 saturated carbocycles. The molecule has 10 nitrogen and oxygen atoms in total. The Morgan fingerprint density at radius 2 is 1.59 bits per heavy atom. The van der Waals surface area contributed by atoms with Gasteiger partial charge in [-0.05, 0) is 64.2 Å². The van der Waals surface area contributed by atoms with Crippen LogP contribution in [0, 0.1) is 0 Å². The molecule has 0 saturated heterocycles. The van der Waals surface area contributed by atoms with Crippen molar-refractivity contribution in [1.29, 1.82) is 0 Å². The minimum atomic E-state index is 0.314. The standard InChI is InChI=1S/C34H50N10S2/c1-4-18-43(32-26(38-29(40-32)22-14-15-22)28(35)36-24-10-6-7-11-24)21(3)45-20-46-34-42-31(37-25-12-8-9-13-25)27-33(44(34)19-5-2)41-30(39-27)23-16-17-23/h22-25H,3-20H2,1-2H3,(H2,35,36)(H,38,40)(H,39,41). The molecule has 4 aliphatic rings. The van der Waals surface area contributed by atoms with Crippen molar-refractivity contribution in [1.82, 2.24) is 29.5 Å². The second-order valence-corrected chi connectivity index (χ2v) is 15.9. The molecule has 4 fully saturated rings. The summed E-state index contributed by atoms with van der Waals surface area (Å²) in [6.45, 7) is 10.7. The van der Waals surface area contributed by atoms with Gasteiger partial charge in [0.25, 0.3) is 0 Å². The van der Waals surface area contributed by atoms with E-state index in [0.29, 0.717) is 29.8 Å². The van der Waals surface area contributed by atoms with E-state index in [-0.39, 0.29) is 0 Å². The Kier molecular flexibility index (Phi) is 9.81. The fraction of sp³-hybridized carbons (Fsp3) is 0.676. The van der Waals surface area contributed by atoms with Crippen LogP contribution in [0.5, 0.6) is 0 Å². The minimum Gasteiger partial charge on any atom is -0.382 e. The summed E-state index contributed by atoms with van der Waals surface area (Å²) in [6, 6.07) is 0.669. The highest BCUT2D eigenvalue weighted by atomic mass is 32.2. The Bertz CT molecular complexity index is 1630. The van der Waals surface area contributed by atoms with Crippen LogP contribution >= 0.6 is 23.5 Å². The molecular formula is C34H50N10S2. The molecule has 0 unspecified atom stereocenters. The van der Waals surface area contributed by atoms with E-state index in [1.165, 1.54) is 51.4 Å². The molecule has 3 aromatic rings. The Hall–Kier alpha value is -2.73. The van der Waals surface area contributed by atoms with Gasteiger partial charge in [-0.25, -0.2) is 15.0 Å². The minimum absolute atomic E-state index is 0.314. The average molecular weight is 663 g/mol. The van der Waals surface area contributed by atoms with E-state index >= 15 is 0 Å². The number of thioether (sulfide) groups is 2. The van der Waals surface area contributed by atoms with Crippen LogP contribution in [0.25, 0.3) is 11.2 Å². The molecule has 0 aromatic carbocycles. The molecule has 3 aromatic heterocycles. The van der Waals surface area contributed by atoms with Gasteiger partial charge in [0.1, 0.15) is 28.7 Å². The highest BCUT2D eigenvalue weighted by molar-refractivity contribution is 8.17. The molecule has 248 valence electrons. The lowest BCUT2D eigenvalue weighted by Gasteiger charge is -2.25. The van der Waals surface area contributed by atoms with Gasteiger partial charge in [0.05, 0.1) is 22.2 Å². The number of anilines is 1. The maximum Gasteiger partial charge on any atom is 0.178 e. The summed E-state index contributed by atoms with van der Waals surface area (Å²) in [5.74, 6) is 4.62. The number of hydrogen-bond acceptors (Lipinski definition) is 8. The van der Waals surface area contributed by atoms with Crippen molar-refractivity contribution < 1.29 is 0 Å². The quantitative estimate of drug-likeness (QED) is 0.0512. The third-order valence-corrected chi connectivity index (χ3v) is 11.7. The van der Waals surface area contributed by atoms with Crippen molar-refractivity contribution in [2.24, 2.45) is 15.7 Å². The summed E-state index contributed by atoms with van der Waals surface area (Å²) >= 11 is 3.49. The lowest BCUT2D eigenvalue weighted by Crippen LogP contribution is -2.26. The van der Waals surface area contributed by atoms with Gasteiger partial charge in [-0.2, -0.15) is 0 Å². The van der Waals surface area contributed by atoms with Crippen LogP contribution in [-0.4, -0.2) is 59.0 Å². The Labute approximate surface area is 281 Å². The van der Waals surface area contributed by atoms with Gasteiger partial charge in [-0.15, -0.1) is 0 Å². The summed E-state index contributed by atoms with van der Waals surface area (Å²) in [5, 5.41) is 2.71. The molecule has 0 amide bonds. The van der Waals surface area contributed by atoms with Gasteiger partial charge in [0, 0.05) is 24.9 Å². The summed E-state index contributed by atoms with van der Waals surface area (Å²) in [6.07, 6.45) is 16.3. The van der Waals surface area contributed by atoms with E-state index < -0.39 is 0 Å². The number of hydrogen-bond donors (Lipinski definition) is 3. The number of aromatic nitrogens is 6. The number of amidine groups is 1. The van der Waals surface area contributed by atoms with Crippen LogP contribution in [0.2, 0.25) is 0 Å². The number of H-pyrrole nitrogens is 2. The Morgan fingerprint density at radius 3 is 2.24 bits per heavy atom. The van der Waals surface area contributed by atoms with Crippen LogP contribution in [0.1, 0.15) is 133 Å². The normalized spacial score (nSPS) is 20.0. The summed E-state index contributed by atoms with van der Waals surface area (Å²) < 4.78 is 2.30. The van der Waals surface area contributed by atoms with Crippen LogP contribution in [0.4, 0.5) is 5.82 Å². The van der Waals surface area contributed by atoms with Crippen molar-refractivity contribution in [3.05, 3.63) is 34.4 Å². The van der Waals surface area contributed by atoms with Gasteiger partial charge < -0.3 is 25.2 Å². The van der Waals surface area contributed by atoms with Crippen molar-refractivity contribution in [3.63, 3.8) is 0 Å².